The Bertz CT molecular complexity index is 1640. The monoisotopic (exact) mass is 503 g/mol. The van der Waals surface area contributed by atoms with E-state index >= 15 is 0 Å². The number of amides is 1. The smallest absolute Gasteiger partial charge is 0.239 e. The zero-order valence-corrected chi connectivity index (χ0v) is 21.6. The predicted octanol–water partition coefficient (Wildman–Crippen LogP) is 7.77. The SMILES string of the molecule is Cc1cc(SC(C)C(=O)Nc2oc(-c3ccccc3)c(-c3ccccc3)c2C#N)nc2c(C)cccc12. The van der Waals surface area contributed by atoms with Crippen molar-refractivity contribution in [2.24, 2.45) is 0 Å². The van der Waals surface area contributed by atoms with Crippen LogP contribution in [-0.4, -0.2) is 16.1 Å². The minimum absolute atomic E-state index is 0.149. The lowest BCUT2D eigenvalue weighted by Gasteiger charge is -2.12. The fraction of sp³-hybridized carbons (Fsp3) is 0.129. The summed E-state index contributed by atoms with van der Waals surface area (Å²) in [6, 6.07) is 29.6. The van der Waals surface area contributed by atoms with Crippen molar-refractivity contribution < 1.29 is 9.21 Å². The van der Waals surface area contributed by atoms with Gasteiger partial charge in [-0.3, -0.25) is 10.1 Å². The number of hydrogen-bond acceptors (Lipinski definition) is 5. The van der Waals surface area contributed by atoms with Gasteiger partial charge < -0.3 is 4.42 Å². The van der Waals surface area contributed by atoms with Gasteiger partial charge in [0, 0.05) is 16.5 Å². The lowest BCUT2D eigenvalue weighted by Crippen LogP contribution is -2.22. The van der Waals surface area contributed by atoms with Crippen molar-refractivity contribution in [1.29, 1.82) is 5.26 Å². The molecule has 1 unspecified atom stereocenters. The predicted molar refractivity (Wildman–Crippen MR) is 149 cm³/mol. The Kier molecular flexibility index (Phi) is 6.80. The highest BCUT2D eigenvalue weighted by Crippen LogP contribution is 2.41. The molecule has 0 aliphatic heterocycles. The molecule has 2 heterocycles. The topological polar surface area (TPSA) is 78.9 Å². The van der Waals surface area contributed by atoms with Crippen LogP contribution < -0.4 is 5.32 Å². The lowest BCUT2D eigenvalue weighted by atomic mass is 9.98. The number of benzene rings is 3. The van der Waals surface area contributed by atoms with E-state index in [0.29, 0.717) is 16.9 Å². The number of thioether (sulfide) groups is 1. The number of nitrogens with one attached hydrogen (secondary N) is 1. The first kappa shape index (κ1) is 24.4. The summed E-state index contributed by atoms with van der Waals surface area (Å²) in [5.74, 6) is 0.427. The third-order valence-electron chi connectivity index (χ3n) is 6.25. The van der Waals surface area contributed by atoms with Crippen LogP contribution in [0.2, 0.25) is 0 Å². The van der Waals surface area contributed by atoms with Crippen molar-refractivity contribution in [2.75, 3.05) is 5.32 Å². The number of furan rings is 1. The van der Waals surface area contributed by atoms with Gasteiger partial charge in [0.2, 0.25) is 11.8 Å². The van der Waals surface area contributed by atoms with E-state index in [9.17, 15) is 10.1 Å². The summed E-state index contributed by atoms with van der Waals surface area (Å²) in [5, 5.41) is 14.4. The maximum absolute atomic E-state index is 13.3. The molecule has 1 atom stereocenters. The van der Waals surface area contributed by atoms with Crippen LogP contribution in [0.1, 0.15) is 23.6 Å². The summed E-state index contributed by atoms with van der Waals surface area (Å²) >= 11 is 1.38. The summed E-state index contributed by atoms with van der Waals surface area (Å²) in [6.45, 7) is 5.91. The summed E-state index contributed by atoms with van der Waals surface area (Å²) in [7, 11) is 0. The van der Waals surface area contributed by atoms with Gasteiger partial charge in [-0.15, -0.1) is 0 Å². The van der Waals surface area contributed by atoms with E-state index in [0.717, 1.165) is 38.2 Å². The fourth-order valence-electron chi connectivity index (χ4n) is 4.34. The molecule has 0 fully saturated rings. The van der Waals surface area contributed by atoms with Gasteiger partial charge in [0.05, 0.1) is 15.8 Å². The molecule has 0 aliphatic carbocycles. The Morgan fingerprint density at radius 3 is 2.30 bits per heavy atom. The Balaban J connectivity index is 1.47. The quantitative estimate of drug-likeness (QED) is 0.239. The average Bonchev–Trinajstić information content (AvgIpc) is 3.28. The van der Waals surface area contributed by atoms with Gasteiger partial charge in [-0.05, 0) is 43.5 Å². The minimum Gasteiger partial charge on any atom is -0.438 e. The van der Waals surface area contributed by atoms with Crippen LogP contribution in [0.5, 0.6) is 0 Å². The van der Waals surface area contributed by atoms with Crippen LogP contribution in [0, 0.1) is 25.2 Å². The lowest BCUT2D eigenvalue weighted by molar-refractivity contribution is -0.115. The second-order valence-corrected chi connectivity index (χ2v) is 10.2. The molecule has 0 spiro atoms. The number of carbonyl (C=O) groups is 1. The zero-order chi connectivity index (χ0) is 25.9. The maximum atomic E-state index is 13.3. The molecule has 3 aromatic carbocycles. The van der Waals surface area contributed by atoms with Gasteiger partial charge in [-0.1, -0.05) is 90.6 Å². The molecule has 5 nitrogen and oxygen atoms in total. The number of anilines is 1. The number of rotatable bonds is 6. The van der Waals surface area contributed by atoms with Gasteiger partial charge in [0.15, 0.2) is 0 Å². The highest BCUT2D eigenvalue weighted by atomic mass is 32.2. The number of fused-ring (bicyclic) bond motifs is 1. The number of carbonyl (C=O) groups excluding carboxylic acids is 1. The second kappa shape index (κ2) is 10.3. The number of pyridine rings is 1. The van der Waals surface area contributed by atoms with Crippen molar-refractivity contribution in [3.05, 3.63) is 102 Å². The van der Waals surface area contributed by atoms with Crippen molar-refractivity contribution in [2.45, 2.75) is 31.0 Å². The van der Waals surface area contributed by atoms with Gasteiger partial charge >= 0.3 is 0 Å². The third kappa shape index (κ3) is 4.87. The van der Waals surface area contributed by atoms with Crippen LogP contribution in [0.15, 0.2) is 94.4 Å². The molecule has 0 aliphatic rings. The van der Waals surface area contributed by atoms with Crippen molar-refractivity contribution in [3.63, 3.8) is 0 Å². The van der Waals surface area contributed by atoms with Crippen LogP contribution in [-0.2, 0) is 4.79 Å². The van der Waals surface area contributed by atoms with Gasteiger partial charge in [-0.25, -0.2) is 4.98 Å². The number of nitrogens with zero attached hydrogens (tertiary/aromatic N) is 2. The Labute approximate surface area is 220 Å². The minimum atomic E-state index is -0.467. The van der Waals surface area contributed by atoms with Crippen LogP contribution in [0.25, 0.3) is 33.4 Å². The van der Waals surface area contributed by atoms with E-state index in [1.807, 2.05) is 92.7 Å². The molecule has 2 aromatic heterocycles. The van der Waals surface area contributed by atoms with E-state index < -0.39 is 5.25 Å². The van der Waals surface area contributed by atoms with E-state index in [1.54, 1.807) is 0 Å². The third-order valence-corrected chi connectivity index (χ3v) is 7.26. The maximum Gasteiger partial charge on any atom is 0.239 e. The first-order valence-electron chi connectivity index (χ1n) is 12.0. The molecule has 1 amide bonds. The molecule has 5 rings (SSSR count). The van der Waals surface area contributed by atoms with Gasteiger partial charge in [0.25, 0.3) is 0 Å². The van der Waals surface area contributed by atoms with Gasteiger partial charge in [-0.2, -0.15) is 5.26 Å². The number of para-hydroxylation sites is 1. The van der Waals surface area contributed by atoms with Gasteiger partial charge in [0.1, 0.15) is 17.4 Å². The summed E-state index contributed by atoms with van der Waals surface area (Å²) in [5.41, 5.74) is 5.77. The Hall–Kier alpha value is -4.34. The summed E-state index contributed by atoms with van der Waals surface area (Å²) in [4.78, 5) is 18.1. The molecular weight excluding hydrogens is 478 g/mol. The average molecular weight is 504 g/mol. The Morgan fingerprint density at radius 1 is 0.946 bits per heavy atom. The highest BCUT2D eigenvalue weighted by Gasteiger charge is 2.26. The number of nitriles is 1. The molecular formula is C31H25N3O2S. The number of hydrogen-bond donors (Lipinski definition) is 1. The highest BCUT2D eigenvalue weighted by molar-refractivity contribution is 8.00. The van der Waals surface area contributed by atoms with Crippen LogP contribution >= 0.6 is 11.8 Å². The first-order valence-corrected chi connectivity index (χ1v) is 12.9. The zero-order valence-electron chi connectivity index (χ0n) is 20.8. The van der Waals surface area contributed by atoms with E-state index in [2.05, 4.69) is 24.4 Å². The van der Waals surface area contributed by atoms with Crippen molar-refractivity contribution in [1.82, 2.24) is 4.98 Å². The number of aromatic nitrogens is 1. The normalized spacial score (nSPS) is 11.7. The Morgan fingerprint density at radius 2 is 1.62 bits per heavy atom. The van der Waals surface area contributed by atoms with E-state index in [1.165, 1.54) is 11.8 Å². The largest absolute Gasteiger partial charge is 0.438 e. The molecule has 1 N–H and O–H groups in total. The molecule has 182 valence electrons. The molecule has 5 aromatic rings. The van der Waals surface area contributed by atoms with Crippen molar-refractivity contribution >= 4 is 34.5 Å². The summed E-state index contributed by atoms with van der Waals surface area (Å²) < 4.78 is 6.16. The molecule has 0 bridgehead atoms. The first-order chi connectivity index (χ1) is 18.0. The molecule has 0 saturated heterocycles. The van der Waals surface area contributed by atoms with E-state index in [4.69, 9.17) is 9.40 Å². The molecule has 6 heteroatoms. The molecule has 0 radical (unpaired) electrons. The van der Waals surface area contributed by atoms with Crippen LogP contribution in [0.3, 0.4) is 0 Å². The number of aryl methyl sites for hydroxylation is 2. The fourth-order valence-corrected chi connectivity index (χ4v) is 5.26. The summed E-state index contributed by atoms with van der Waals surface area (Å²) in [6.07, 6.45) is 0. The standard InChI is InChI=1S/C31H25N3O2S/c1-19-11-10-16-24-20(2)17-26(33-28(19)24)37-21(3)30(35)34-31-25(18-32)27(22-12-6-4-7-13-22)29(36-31)23-14-8-5-9-15-23/h4-17,21H,1-3H3,(H,34,35). The van der Waals surface area contributed by atoms with E-state index in [-0.39, 0.29) is 11.8 Å². The van der Waals surface area contributed by atoms with Crippen molar-refractivity contribution in [3.8, 4) is 28.5 Å². The molecule has 37 heavy (non-hydrogen) atoms. The molecule has 0 saturated carbocycles. The second-order valence-electron chi connectivity index (χ2n) is 8.85. The van der Waals surface area contributed by atoms with Crippen LogP contribution in [0.4, 0.5) is 5.88 Å².